The molecule has 1 aliphatic rings. The summed E-state index contributed by atoms with van der Waals surface area (Å²) in [6.45, 7) is 4.57. The van der Waals surface area contributed by atoms with Crippen molar-refractivity contribution in [2.75, 3.05) is 17.2 Å². The third kappa shape index (κ3) is 3.67. The Balaban J connectivity index is 1.51. The molecule has 140 valence electrons. The maximum absolute atomic E-state index is 12.4. The van der Waals surface area contributed by atoms with Crippen molar-refractivity contribution in [1.29, 1.82) is 0 Å². The molecule has 1 aromatic carbocycles. The molecule has 0 saturated heterocycles. The second kappa shape index (κ2) is 7.64. The molecule has 4 rings (SSSR count). The number of fused-ring (bicyclic) bond motifs is 3. The molecule has 0 radical (unpaired) electrons. The van der Waals surface area contributed by atoms with E-state index in [0.29, 0.717) is 0 Å². The summed E-state index contributed by atoms with van der Waals surface area (Å²) in [6.07, 6.45) is 5.84. The van der Waals surface area contributed by atoms with Crippen molar-refractivity contribution in [2.24, 2.45) is 5.92 Å². The number of thiophene rings is 1. The number of hydrogen-bond donors (Lipinski definition) is 2. The van der Waals surface area contributed by atoms with Gasteiger partial charge >= 0.3 is 0 Å². The largest absolute Gasteiger partial charge is 0.360 e. The molecule has 2 N–H and O–H groups in total. The third-order valence-electron chi connectivity index (χ3n) is 5.18. The van der Waals surface area contributed by atoms with Crippen molar-refractivity contribution < 1.29 is 4.79 Å². The molecular formula is C21H24N4OS. The Morgan fingerprint density at radius 2 is 2.15 bits per heavy atom. The molecule has 1 atom stereocenters. The van der Waals surface area contributed by atoms with E-state index in [-0.39, 0.29) is 12.5 Å². The van der Waals surface area contributed by atoms with Gasteiger partial charge in [-0.1, -0.05) is 32.0 Å². The predicted octanol–water partition coefficient (Wildman–Crippen LogP) is 4.43. The molecule has 5 nitrogen and oxygen atoms in total. The molecule has 2 aromatic heterocycles. The van der Waals surface area contributed by atoms with Gasteiger partial charge in [-0.15, -0.1) is 11.3 Å². The first-order valence-electron chi connectivity index (χ1n) is 9.52. The van der Waals surface area contributed by atoms with E-state index in [4.69, 9.17) is 0 Å². The molecule has 6 heteroatoms. The first-order valence-corrected chi connectivity index (χ1v) is 10.3. The molecule has 27 heavy (non-hydrogen) atoms. The van der Waals surface area contributed by atoms with Gasteiger partial charge < -0.3 is 10.6 Å². The van der Waals surface area contributed by atoms with E-state index in [0.717, 1.165) is 52.5 Å². The van der Waals surface area contributed by atoms with Gasteiger partial charge in [0.1, 0.15) is 17.0 Å². The summed E-state index contributed by atoms with van der Waals surface area (Å²) in [5, 5.41) is 7.34. The second-order valence-corrected chi connectivity index (χ2v) is 8.25. The van der Waals surface area contributed by atoms with E-state index >= 15 is 0 Å². The average Bonchev–Trinajstić information content (AvgIpc) is 3.04. The molecule has 2 heterocycles. The first-order chi connectivity index (χ1) is 13.2. The van der Waals surface area contributed by atoms with E-state index in [1.807, 2.05) is 24.3 Å². The minimum absolute atomic E-state index is 0.0691. The maximum atomic E-state index is 12.4. The summed E-state index contributed by atoms with van der Waals surface area (Å²) in [6, 6.07) is 7.91. The fourth-order valence-corrected chi connectivity index (χ4v) is 5.07. The number of anilines is 2. The van der Waals surface area contributed by atoms with Crippen LogP contribution in [0.5, 0.6) is 0 Å². The highest BCUT2D eigenvalue weighted by atomic mass is 32.1. The van der Waals surface area contributed by atoms with Crippen LogP contribution < -0.4 is 10.6 Å². The van der Waals surface area contributed by atoms with E-state index in [1.165, 1.54) is 16.9 Å². The lowest BCUT2D eigenvalue weighted by molar-refractivity contribution is -0.114. The number of aryl methyl sites for hydroxylation is 2. The highest BCUT2D eigenvalue weighted by Gasteiger charge is 2.23. The molecular weight excluding hydrogens is 356 g/mol. The summed E-state index contributed by atoms with van der Waals surface area (Å²) in [4.78, 5) is 23.8. The zero-order valence-corrected chi connectivity index (χ0v) is 16.5. The van der Waals surface area contributed by atoms with Crippen molar-refractivity contribution in [3.8, 4) is 0 Å². The maximum Gasteiger partial charge on any atom is 0.243 e. The van der Waals surface area contributed by atoms with E-state index < -0.39 is 0 Å². The summed E-state index contributed by atoms with van der Waals surface area (Å²) in [5.74, 6) is 1.42. The van der Waals surface area contributed by atoms with Gasteiger partial charge in [-0.25, -0.2) is 9.97 Å². The number of rotatable bonds is 5. The summed E-state index contributed by atoms with van der Waals surface area (Å²) < 4.78 is 0. The second-order valence-electron chi connectivity index (χ2n) is 7.17. The molecule has 0 aliphatic heterocycles. The van der Waals surface area contributed by atoms with Gasteiger partial charge in [0.05, 0.1) is 11.9 Å². The van der Waals surface area contributed by atoms with Crippen LogP contribution >= 0.6 is 11.3 Å². The quantitative estimate of drug-likeness (QED) is 0.687. The topological polar surface area (TPSA) is 66.9 Å². The van der Waals surface area contributed by atoms with Gasteiger partial charge in [-0.2, -0.15) is 0 Å². The van der Waals surface area contributed by atoms with Crippen molar-refractivity contribution in [2.45, 2.75) is 39.5 Å². The van der Waals surface area contributed by atoms with Crippen LogP contribution in [0.1, 0.15) is 36.3 Å². The molecule has 1 amide bonds. The Labute approximate surface area is 163 Å². The van der Waals surface area contributed by atoms with Gasteiger partial charge in [0.15, 0.2) is 0 Å². The van der Waals surface area contributed by atoms with Crippen LogP contribution in [0, 0.1) is 5.92 Å². The number of benzene rings is 1. The highest BCUT2D eigenvalue weighted by Crippen LogP contribution is 2.39. The Hall–Kier alpha value is -2.47. The summed E-state index contributed by atoms with van der Waals surface area (Å²) in [5.41, 5.74) is 3.38. The normalized spacial score (nSPS) is 16.1. The molecule has 0 saturated carbocycles. The standard InChI is InChI=1S/C21H24N4OS/c1-3-14-6-4-5-7-16(14)25-18(26)11-22-20-19-15-9-8-13(2)10-17(15)27-21(19)24-12-23-20/h4-7,12-13H,3,8-11H2,1-2H3,(H,25,26)(H,22,23,24)/t13-/m0/s1. The van der Waals surface area contributed by atoms with E-state index in [1.54, 1.807) is 17.7 Å². The van der Waals surface area contributed by atoms with Crippen molar-refractivity contribution in [1.82, 2.24) is 9.97 Å². The summed E-state index contributed by atoms with van der Waals surface area (Å²) in [7, 11) is 0. The van der Waals surface area contributed by atoms with Gasteiger partial charge in [-0.3, -0.25) is 4.79 Å². The molecule has 1 aliphatic carbocycles. The van der Waals surface area contributed by atoms with E-state index in [9.17, 15) is 4.79 Å². The van der Waals surface area contributed by atoms with Crippen LogP contribution in [0.25, 0.3) is 10.2 Å². The zero-order valence-electron chi connectivity index (χ0n) is 15.7. The Morgan fingerprint density at radius 1 is 1.30 bits per heavy atom. The summed E-state index contributed by atoms with van der Waals surface area (Å²) >= 11 is 1.77. The van der Waals surface area contributed by atoms with E-state index in [2.05, 4.69) is 34.4 Å². The molecule has 0 spiro atoms. The highest BCUT2D eigenvalue weighted by molar-refractivity contribution is 7.19. The number of nitrogens with one attached hydrogen (secondary N) is 2. The van der Waals surface area contributed by atoms with Crippen LogP contribution in [-0.2, 0) is 24.1 Å². The van der Waals surface area contributed by atoms with Crippen LogP contribution in [0.3, 0.4) is 0 Å². The van der Waals surface area contributed by atoms with Crippen LogP contribution in [0.2, 0.25) is 0 Å². The lowest BCUT2D eigenvalue weighted by Gasteiger charge is -2.18. The van der Waals surface area contributed by atoms with Crippen molar-refractivity contribution in [3.63, 3.8) is 0 Å². The number of carbonyl (C=O) groups is 1. The van der Waals surface area contributed by atoms with Crippen LogP contribution in [0.15, 0.2) is 30.6 Å². The van der Waals surface area contributed by atoms with Gasteiger partial charge in [0.2, 0.25) is 5.91 Å². The molecule has 3 aromatic rings. The lowest BCUT2D eigenvalue weighted by Crippen LogP contribution is -2.23. The average molecular weight is 381 g/mol. The van der Waals surface area contributed by atoms with Crippen molar-refractivity contribution in [3.05, 3.63) is 46.6 Å². The van der Waals surface area contributed by atoms with Crippen LogP contribution in [0.4, 0.5) is 11.5 Å². The Bertz CT molecular complexity index is 981. The molecule has 0 unspecified atom stereocenters. The number of nitrogens with zero attached hydrogens (tertiary/aromatic N) is 2. The van der Waals surface area contributed by atoms with Gasteiger partial charge in [0, 0.05) is 10.6 Å². The van der Waals surface area contributed by atoms with Gasteiger partial charge in [0.25, 0.3) is 0 Å². The number of carbonyl (C=O) groups excluding carboxylic acids is 1. The lowest BCUT2D eigenvalue weighted by atomic mass is 9.89. The number of hydrogen-bond acceptors (Lipinski definition) is 5. The van der Waals surface area contributed by atoms with Crippen LogP contribution in [-0.4, -0.2) is 22.4 Å². The minimum atomic E-state index is -0.0691. The molecule has 0 fully saturated rings. The minimum Gasteiger partial charge on any atom is -0.360 e. The fourth-order valence-electron chi connectivity index (χ4n) is 3.72. The fraction of sp³-hybridized carbons (Fsp3) is 0.381. The predicted molar refractivity (Wildman–Crippen MR) is 112 cm³/mol. The van der Waals surface area contributed by atoms with Gasteiger partial charge in [-0.05, 0) is 48.8 Å². The van der Waals surface area contributed by atoms with Crippen molar-refractivity contribution >= 4 is 39.0 Å². The Kier molecular flexibility index (Phi) is 5.07. The zero-order chi connectivity index (χ0) is 18.8. The first kappa shape index (κ1) is 17.9. The number of para-hydroxylation sites is 1. The monoisotopic (exact) mass is 380 g/mol. The Morgan fingerprint density at radius 3 is 3.00 bits per heavy atom. The smallest absolute Gasteiger partial charge is 0.243 e. The number of amides is 1. The SMILES string of the molecule is CCc1ccccc1NC(=O)CNc1ncnc2sc3c(c12)CC[C@H](C)C3. The number of aromatic nitrogens is 2. The molecule has 0 bridgehead atoms. The third-order valence-corrected chi connectivity index (χ3v) is 6.34.